The Morgan fingerprint density at radius 3 is 2.62 bits per heavy atom. The van der Waals surface area contributed by atoms with Gasteiger partial charge in [0.1, 0.15) is 6.23 Å². The summed E-state index contributed by atoms with van der Waals surface area (Å²) in [5.74, 6) is 0. The molecule has 0 saturated carbocycles. The molecule has 0 unspecified atom stereocenters. The van der Waals surface area contributed by atoms with Gasteiger partial charge in [0, 0.05) is 18.2 Å². The lowest BCUT2D eigenvalue weighted by atomic mass is 10.1. The molecule has 0 radical (unpaired) electrons. The summed E-state index contributed by atoms with van der Waals surface area (Å²) in [6.45, 7) is 13.0. The molecule has 1 fully saturated rings. The van der Waals surface area contributed by atoms with Gasteiger partial charge in [-0.1, -0.05) is 20.8 Å². The van der Waals surface area contributed by atoms with Crippen molar-refractivity contribution < 1.29 is 14.0 Å². The summed E-state index contributed by atoms with van der Waals surface area (Å²) in [5.41, 5.74) is 2.54. The summed E-state index contributed by atoms with van der Waals surface area (Å²) in [5, 5.41) is 0.0994. The third-order valence-corrected chi connectivity index (χ3v) is 9.88. The quantitative estimate of drug-likeness (QED) is 0.571. The molecule has 1 aromatic heterocycles. The average molecular weight is 386 g/mol. The van der Waals surface area contributed by atoms with Gasteiger partial charge in [-0.25, -0.2) is 4.79 Å². The zero-order valence-corrected chi connectivity index (χ0v) is 17.7. The third kappa shape index (κ3) is 4.52. The summed E-state index contributed by atoms with van der Waals surface area (Å²) in [7, 11) is -0.367. The fraction of sp³-hybridized carbons (Fsp3) is 0.765. The van der Waals surface area contributed by atoms with E-state index in [9.17, 15) is 9.59 Å². The Bertz CT molecular complexity index is 737. The molecular weight excluding hydrogens is 354 g/mol. The van der Waals surface area contributed by atoms with Gasteiger partial charge in [0.2, 0.25) is 0 Å². The second-order valence-corrected chi connectivity index (χ2v) is 13.2. The number of aryl methyl sites for hydroxylation is 1. The number of rotatable bonds is 6. The minimum absolute atomic E-state index is 0.0994. The first-order valence-corrected chi connectivity index (χ1v) is 11.8. The molecule has 0 aromatic carbocycles. The summed E-state index contributed by atoms with van der Waals surface area (Å²) in [4.78, 5) is 31.1. The number of hydroxylamine groups is 1. The van der Waals surface area contributed by atoms with Crippen molar-refractivity contribution >= 4 is 8.32 Å². The Morgan fingerprint density at radius 1 is 1.38 bits per heavy atom. The maximum Gasteiger partial charge on any atom is 0.330 e. The van der Waals surface area contributed by atoms with Crippen LogP contribution in [0.3, 0.4) is 0 Å². The first-order valence-electron chi connectivity index (χ1n) is 8.86. The number of nitrogens with zero attached hydrogens (tertiary/aromatic N) is 1. The van der Waals surface area contributed by atoms with Gasteiger partial charge in [-0.15, -0.1) is 0 Å². The van der Waals surface area contributed by atoms with Gasteiger partial charge in [0.15, 0.2) is 8.32 Å². The molecule has 9 heteroatoms. The topological polar surface area (TPSA) is 94.6 Å². The van der Waals surface area contributed by atoms with Crippen LogP contribution in [-0.2, 0) is 14.0 Å². The molecule has 2 heterocycles. The highest BCUT2D eigenvalue weighted by Crippen LogP contribution is 2.37. The van der Waals surface area contributed by atoms with E-state index in [0.717, 1.165) is 0 Å². The average Bonchev–Trinajstić information content (AvgIpc) is 2.91. The van der Waals surface area contributed by atoms with Crippen molar-refractivity contribution in [3.8, 4) is 0 Å². The molecule has 26 heavy (non-hydrogen) atoms. The van der Waals surface area contributed by atoms with Gasteiger partial charge in [-0.3, -0.25) is 14.3 Å². The molecule has 1 aliphatic rings. The van der Waals surface area contributed by atoms with E-state index in [2.05, 4.69) is 44.3 Å². The van der Waals surface area contributed by atoms with E-state index >= 15 is 0 Å². The molecule has 3 atom stereocenters. The van der Waals surface area contributed by atoms with Crippen LogP contribution in [0.25, 0.3) is 0 Å². The Hall–Kier alpha value is -1.26. The molecular formula is C17H31N3O5Si. The van der Waals surface area contributed by atoms with Crippen molar-refractivity contribution in [2.45, 2.75) is 70.6 Å². The largest absolute Gasteiger partial charge is 0.414 e. The molecule has 0 spiro atoms. The van der Waals surface area contributed by atoms with Crippen LogP contribution >= 0.6 is 0 Å². The Kier molecular flexibility index (Phi) is 6.29. The number of hydrogen-bond donors (Lipinski definition) is 2. The summed E-state index contributed by atoms with van der Waals surface area (Å²) >= 11 is 0. The lowest BCUT2D eigenvalue weighted by molar-refractivity contribution is -0.0405. The van der Waals surface area contributed by atoms with Crippen molar-refractivity contribution in [2.24, 2.45) is 0 Å². The summed E-state index contributed by atoms with van der Waals surface area (Å²) < 4.78 is 13.8. The maximum absolute atomic E-state index is 12.2. The summed E-state index contributed by atoms with van der Waals surface area (Å²) in [6, 6.07) is -0.117. The van der Waals surface area contributed by atoms with E-state index < -0.39 is 20.2 Å². The van der Waals surface area contributed by atoms with Crippen molar-refractivity contribution in [1.82, 2.24) is 15.0 Å². The number of H-pyrrole nitrogens is 1. The number of nitrogens with one attached hydrogen (secondary N) is 2. The maximum atomic E-state index is 12.2. The van der Waals surface area contributed by atoms with E-state index in [1.165, 1.54) is 10.8 Å². The Labute approximate surface area is 154 Å². The Balaban J connectivity index is 2.17. The second-order valence-electron chi connectivity index (χ2n) is 8.34. The van der Waals surface area contributed by atoms with Crippen molar-refractivity contribution in [3.05, 3.63) is 32.6 Å². The normalized spacial score (nSPS) is 24.2. The first-order chi connectivity index (χ1) is 12.0. The van der Waals surface area contributed by atoms with Gasteiger partial charge in [0.05, 0.1) is 25.9 Å². The van der Waals surface area contributed by atoms with Crippen LogP contribution in [0.2, 0.25) is 18.1 Å². The van der Waals surface area contributed by atoms with Gasteiger partial charge < -0.3 is 14.0 Å². The smallest absolute Gasteiger partial charge is 0.330 e. The fourth-order valence-electron chi connectivity index (χ4n) is 2.64. The Morgan fingerprint density at radius 2 is 2.04 bits per heavy atom. The summed E-state index contributed by atoms with van der Waals surface area (Å²) in [6.07, 6.45) is 1.32. The van der Waals surface area contributed by atoms with Crippen molar-refractivity contribution in [2.75, 3.05) is 13.7 Å². The molecule has 0 aliphatic carbocycles. The predicted molar refractivity (Wildman–Crippen MR) is 102 cm³/mol. The molecule has 8 nitrogen and oxygen atoms in total. The number of ether oxygens (including phenoxy) is 1. The number of hydrogen-bond acceptors (Lipinski definition) is 6. The van der Waals surface area contributed by atoms with E-state index in [-0.39, 0.29) is 22.7 Å². The zero-order valence-electron chi connectivity index (χ0n) is 16.7. The molecule has 0 amide bonds. The van der Waals surface area contributed by atoms with E-state index in [0.29, 0.717) is 18.6 Å². The number of aromatic nitrogens is 2. The van der Waals surface area contributed by atoms with Crippen LogP contribution < -0.4 is 16.7 Å². The second kappa shape index (κ2) is 7.77. The van der Waals surface area contributed by atoms with Crippen LogP contribution in [0, 0.1) is 6.92 Å². The van der Waals surface area contributed by atoms with Crippen LogP contribution in [0.15, 0.2) is 15.8 Å². The third-order valence-electron chi connectivity index (χ3n) is 5.38. The predicted octanol–water partition coefficient (Wildman–Crippen LogP) is 1.67. The van der Waals surface area contributed by atoms with E-state index in [1.807, 2.05) is 0 Å². The van der Waals surface area contributed by atoms with Gasteiger partial charge >= 0.3 is 5.69 Å². The molecule has 1 saturated heterocycles. The molecule has 2 rings (SSSR count). The molecule has 1 aromatic rings. The highest BCUT2D eigenvalue weighted by Gasteiger charge is 2.41. The lowest BCUT2D eigenvalue weighted by Gasteiger charge is -2.37. The minimum Gasteiger partial charge on any atom is -0.414 e. The van der Waals surface area contributed by atoms with E-state index in [4.69, 9.17) is 14.0 Å². The van der Waals surface area contributed by atoms with Gasteiger partial charge in [-0.05, 0) is 25.1 Å². The van der Waals surface area contributed by atoms with Crippen molar-refractivity contribution in [1.29, 1.82) is 0 Å². The lowest BCUT2D eigenvalue weighted by Crippen LogP contribution is -2.46. The van der Waals surface area contributed by atoms with Gasteiger partial charge in [0.25, 0.3) is 5.56 Å². The monoisotopic (exact) mass is 385 g/mol. The highest BCUT2D eigenvalue weighted by atomic mass is 28.4. The van der Waals surface area contributed by atoms with Crippen LogP contribution in [-0.4, -0.2) is 43.7 Å². The number of aromatic amines is 1. The molecule has 2 N–H and O–H groups in total. The zero-order chi connectivity index (χ0) is 19.7. The van der Waals surface area contributed by atoms with Crippen LogP contribution in [0.4, 0.5) is 0 Å². The standard InChI is InChI=1S/C17H31N3O5Si/c1-11-9-20(16(22)18-15(11)21)14-8-12(19-23-5)13(25-14)10-24-26(6,7)17(2,3)4/h9,12-14,19H,8,10H2,1-7H3,(H,18,21,22)/t12-,13-,14-/m1/s1. The van der Waals surface area contributed by atoms with Crippen LogP contribution in [0.1, 0.15) is 39.0 Å². The first kappa shape index (κ1) is 21.0. The highest BCUT2D eigenvalue weighted by molar-refractivity contribution is 6.74. The fourth-order valence-corrected chi connectivity index (χ4v) is 3.65. The SMILES string of the molecule is CON[C@@H]1C[C@H](n2cc(C)c(=O)[nH]c2=O)O[C@@H]1CO[Si](C)(C)C(C)(C)C. The van der Waals surface area contributed by atoms with Crippen LogP contribution in [0.5, 0.6) is 0 Å². The van der Waals surface area contributed by atoms with Crippen molar-refractivity contribution in [3.63, 3.8) is 0 Å². The molecule has 148 valence electrons. The molecule has 1 aliphatic heterocycles. The minimum atomic E-state index is -1.92. The van der Waals surface area contributed by atoms with Gasteiger partial charge in [-0.2, -0.15) is 5.48 Å². The van der Waals surface area contributed by atoms with E-state index in [1.54, 1.807) is 14.0 Å². The molecule has 0 bridgehead atoms.